The van der Waals surface area contributed by atoms with Crippen molar-refractivity contribution in [3.63, 3.8) is 0 Å². The molecular weight excluding hydrogens is 298 g/mol. The molecule has 3 heterocycles. The maximum absolute atomic E-state index is 12.7. The molecule has 3 fully saturated rings. The Bertz CT molecular complexity index is 674. The number of carboxylic acid groups (broad SMARTS) is 1. The van der Waals surface area contributed by atoms with Gasteiger partial charge in [-0.15, -0.1) is 0 Å². The van der Waals surface area contributed by atoms with E-state index in [1.807, 2.05) is 4.90 Å². The lowest BCUT2D eigenvalue weighted by molar-refractivity contribution is -0.154. The number of piperidine rings is 3. The predicted molar refractivity (Wildman–Crippen MR) is 83.1 cm³/mol. The van der Waals surface area contributed by atoms with Gasteiger partial charge in [-0.3, -0.25) is 14.5 Å². The van der Waals surface area contributed by atoms with Crippen LogP contribution >= 0.6 is 0 Å². The summed E-state index contributed by atoms with van der Waals surface area (Å²) >= 11 is 0. The molecule has 23 heavy (non-hydrogen) atoms. The fraction of sp³-hybridized carbons (Fsp3) is 0.412. The van der Waals surface area contributed by atoms with Crippen molar-refractivity contribution in [2.75, 3.05) is 13.1 Å². The van der Waals surface area contributed by atoms with Crippen molar-refractivity contribution in [1.29, 1.82) is 0 Å². The van der Waals surface area contributed by atoms with Gasteiger partial charge in [-0.25, -0.2) is 0 Å². The molecule has 3 saturated heterocycles. The summed E-state index contributed by atoms with van der Waals surface area (Å²) in [6, 6.07) is 3.75. The Hall–Kier alpha value is -2.34. The minimum atomic E-state index is -0.867. The molecule has 0 radical (unpaired) electrons. The molecule has 3 aliphatic heterocycles. The first-order chi connectivity index (χ1) is 10.9. The molecule has 0 spiro atoms. The number of ketones is 1. The van der Waals surface area contributed by atoms with Crippen LogP contribution < -0.4 is 0 Å². The number of hydrogen-bond acceptors (Lipinski definition) is 5. The van der Waals surface area contributed by atoms with Crippen LogP contribution in [-0.2, 0) is 9.59 Å². The first-order valence-electron chi connectivity index (χ1n) is 7.63. The van der Waals surface area contributed by atoms with Gasteiger partial charge in [0.25, 0.3) is 0 Å². The standard InChI is InChI=1S/C17H19NO5/c19-13-3-1-11(9-14(13)20)2-4-15(21)17-5-7-18(8-6-17)12(10-17)16(22)23/h1-4,9,12,19-20H,5-8,10H2,(H,22,23)/b4-2+. The smallest absolute Gasteiger partial charge is 0.320 e. The number of phenolic OH excluding ortho intramolecular Hbond substituents is 2. The lowest BCUT2D eigenvalue weighted by atomic mass is 9.66. The van der Waals surface area contributed by atoms with Gasteiger partial charge in [-0.2, -0.15) is 0 Å². The van der Waals surface area contributed by atoms with E-state index in [0.717, 1.165) is 0 Å². The molecule has 0 aromatic heterocycles. The van der Waals surface area contributed by atoms with Gasteiger partial charge >= 0.3 is 5.97 Å². The summed E-state index contributed by atoms with van der Waals surface area (Å²) in [6.07, 6.45) is 4.77. The van der Waals surface area contributed by atoms with Crippen LogP contribution in [-0.4, -0.2) is 51.1 Å². The number of aliphatic carboxylic acids is 1. The quantitative estimate of drug-likeness (QED) is 0.576. The average Bonchev–Trinajstić information content (AvgIpc) is 2.56. The summed E-state index contributed by atoms with van der Waals surface area (Å²) in [4.78, 5) is 25.9. The summed E-state index contributed by atoms with van der Waals surface area (Å²) in [5.74, 6) is -1.38. The van der Waals surface area contributed by atoms with Crippen LogP contribution in [0.2, 0.25) is 0 Å². The molecule has 0 amide bonds. The van der Waals surface area contributed by atoms with E-state index in [9.17, 15) is 24.9 Å². The Labute approximate surface area is 133 Å². The largest absolute Gasteiger partial charge is 0.504 e. The van der Waals surface area contributed by atoms with E-state index >= 15 is 0 Å². The monoisotopic (exact) mass is 317 g/mol. The molecular formula is C17H19NO5. The molecule has 3 N–H and O–H groups in total. The second-order valence-corrected chi connectivity index (χ2v) is 6.32. The summed E-state index contributed by atoms with van der Waals surface area (Å²) in [5, 5.41) is 28.1. The van der Waals surface area contributed by atoms with Crippen molar-refractivity contribution in [2.45, 2.75) is 25.3 Å². The maximum atomic E-state index is 12.7. The molecule has 1 unspecified atom stereocenters. The van der Waals surface area contributed by atoms with E-state index < -0.39 is 17.4 Å². The van der Waals surface area contributed by atoms with Crippen LogP contribution in [0.1, 0.15) is 24.8 Å². The van der Waals surface area contributed by atoms with Crippen LogP contribution in [0.3, 0.4) is 0 Å². The van der Waals surface area contributed by atoms with Crippen molar-refractivity contribution in [1.82, 2.24) is 4.90 Å². The number of phenols is 2. The third kappa shape index (κ3) is 2.82. The Balaban J connectivity index is 1.78. The number of hydrogen-bond donors (Lipinski definition) is 3. The number of fused-ring (bicyclic) bond motifs is 3. The van der Waals surface area contributed by atoms with Crippen molar-refractivity contribution >= 4 is 17.8 Å². The molecule has 6 nitrogen and oxygen atoms in total. The van der Waals surface area contributed by atoms with Gasteiger partial charge in [-0.1, -0.05) is 12.1 Å². The fourth-order valence-electron chi connectivity index (χ4n) is 3.55. The predicted octanol–water partition coefficient (Wildman–Crippen LogP) is 1.62. The number of carbonyl (C=O) groups is 2. The van der Waals surface area contributed by atoms with Gasteiger partial charge < -0.3 is 15.3 Å². The first kappa shape index (κ1) is 15.6. The summed E-state index contributed by atoms with van der Waals surface area (Å²) in [7, 11) is 0. The molecule has 122 valence electrons. The van der Waals surface area contributed by atoms with E-state index in [-0.39, 0.29) is 17.3 Å². The zero-order chi connectivity index (χ0) is 16.6. The molecule has 1 aromatic rings. The number of nitrogens with zero attached hydrogens (tertiary/aromatic N) is 1. The van der Waals surface area contributed by atoms with E-state index in [2.05, 4.69) is 0 Å². The number of benzene rings is 1. The summed E-state index contributed by atoms with van der Waals surface area (Å²) in [6.45, 7) is 1.27. The lowest BCUT2D eigenvalue weighted by Gasteiger charge is -2.50. The van der Waals surface area contributed by atoms with E-state index in [4.69, 9.17) is 0 Å². The highest BCUT2D eigenvalue weighted by molar-refractivity contribution is 5.99. The molecule has 2 bridgehead atoms. The fourth-order valence-corrected chi connectivity index (χ4v) is 3.55. The number of rotatable bonds is 4. The highest BCUT2D eigenvalue weighted by Gasteiger charge is 2.50. The maximum Gasteiger partial charge on any atom is 0.320 e. The Morgan fingerprint density at radius 2 is 1.87 bits per heavy atom. The van der Waals surface area contributed by atoms with Gasteiger partial charge in [0.15, 0.2) is 17.3 Å². The second-order valence-electron chi connectivity index (χ2n) is 6.32. The lowest BCUT2D eigenvalue weighted by Crippen LogP contribution is -2.59. The Kier molecular flexibility index (Phi) is 3.85. The molecule has 1 atom stereocenters. The molecule has 1 aromatic carbocycles. The van der Waals surface area contributed by atoms with Gasteiger partial charge in [0, 0.05) is 5.41 Å². The third-order valence-electron chi connectivity index (χ3n) is 5.01. The molecule has 6 heteroatoms. The van der Waals surface area contributed by atoms with Crippen molar-refractivity contribution in [3.05, 3.63) is 29.8 Å². The van der Waals surface area contributed by atoms with Gasteiger partial charge in [0.2, 0.25) is 0 Å². The van der Waals surface area contributed by atoms with E-state index in [0.29, 0.717) is 37.9 Å². The minimum Gasteiger partial charge on any atom is -0.504 e. The van der Waals surface area contributed by atoms with Crippen LogP contribution in [0.4, 0.5) is 0 Å². The van der Waals surface area contributed by atoms with Crippen LogP contribution in [0.15, 0.2) is 24.3 Å². The van der Waals surface area contributed by atoms with Crippen molar-refractivity contribution < 1.29 is 24.9 Å². The van der Waals surface area contributed by atoms with Gasteiger partial charge in [0.1, 0.15) is 6.04 Å². The highest BCUT2D eigenvalue weighted by Crippen LogP contribution is 2.44. The Morgan fingerprint density at radius 1 is 1.17 bits per heavy atom. The van der Waals surface area contributed by atoms with Gasteiger partial charge in [0.05, 0.1) is 0 Å². The number of aromatic hydroxyl groups is 2. The van der Waals surface area contributed by atoms with E-state index in [1.54, 1.807) is 12.1 Å². The average molecular weight is 317 g/mol. The third-order valence-corrected chi connectivity index (χ3v) is 5.01. The summed E-state index contributed by atoms with van der Waals surface area (Å²) in [5.41, 5.74) is 0.0147. The topological polar surface area (TPSA) is 98.1 Å². The number of allylic oxidation sites excluding steroid dienone is 1. The van der Waals surface area contributed by atoms with Crippen LogP contribution in [0.5, 0.6) is 11.5 Å². The van der Waals surface area contributed by atoms with E-state index in [1.165, 1.54) is 18.2 Å². The Morgan fingerprint density at radius 3 is 2.48 bits per heavy atom. The molecule has 0 saturated carbocycles. The minimum absolute atomic E-state index is 0.0596. The van der Waals surface area contributed by atoms with Crippen LogP contribution in [0.25, 0.3) is 6.08 Å². The zero-order valence-corrected chi connectivity index (χ0v) is 12.6. The normalized spacial score (nSPS) is 29.7. The molecule has 3 aliphatic rings. The highest BCUT2D eigenvalue weighted by atomic mass is 16.4. The summed E-state index contributed by atoms with van der Waals surface area (Å²) < 4.78 is 0. The second kappa shape index (κ2) is 5.70. The molecule has 4 rings (SSSR count). The zero-order valence-electron chi connectivity index (χ0n) is 12.6. The van der Waals surface area contributed by atoms with Crippen LogP contribution in [0, 0.1) is 5.41 Å². The molecule has 0 aliphatic carbocycles. The number of carbonyl (C=O) groups excluding carboxylic acids is 1. The SMILES string of the molecule is O=C(O)C1CC2(C(=O)/C=C/c3ccc(O)c(O)c3)CCN1CC2. The first-order valence-corrected chi connectivity index (χ1v) is 7.63. The number of carboxylic acids is 1. The van der Waals surface area contributed by atoms with Crippen molar-refractivity contribution in [3.8, 4) is 11.5 Å². The van der Waals surface area contributed by atoms with Crippen molar-refractivity contribution in [2.24, 2.45) is 5.41 Å². The van der Waals surface area contributed by atoms with Gasteiger partial charge in [-0.05, 0) is 56.1 Å².